The van der Waals surface area contributed by atoms with E-state index in [2.05, 4.69) is 94.2 Å². The van der Waals surface area contributed by atoms with E-state index in [0.717, 1.165) is 30.8 Å². The minimum atomic E-state index is -0.386. The number of hydrogen-bond acceptors (Lipinski definition) is 5. The average Bonchev–Trinajstić information content (AvgIpc) is 3.47. The topological polar surface area (TPSA) is 75.7 Å². The molecule has 218 valence electrons. The van der Waals surface area contributed by atoms with Crippen molar-refractivity contribution in [1.29, 1.82) is 0 Å². The smallest absolute Gasteiger partial charge is 0.323 e. The molecule has 3 aromatic carbocycles. The highest BCUT2D eigenvalue weighted by atomic mass is 127. The molecule has 2 amide bonds. The van der Waals surface area contributed by atoms with Gasteiger partial charge in [-0.05, 0) is 66.4 Å². The van der Waals surface area contributed by atoms with Crippen molar-refractivity contribution in [3.05, 3.63) is 108 Å². The Kier molecular flexibility index (Phi) is 9.64. The van der Waals surface area contributed by atoms with Gasteiger partial charge < -0.3 is 20.1 Å². The number of nitrogens with one attached hydrogen (secondary N) is 2. The van der Waals surface area contributed by atoms with Crippen molar-refractivity contribution < 1.29 is 14.3 Å². The van der Waals surface area contributed by atoms with Crippen molar-refractivity contribution >= 4 is 40.0 Å². The highest BCUT2D eigenvalue weighted by Gasteiger charge is 2.28. The molecular formula is C34H37IN4O3. The molecule has 5 rings (SSSR count). The average molecular weight is 677 g/mol. The molecule has 0 bridgehead atoms. The highest BCUT2D eigenvalue weighted by molar-refractivity contribution is 14.1. The van der Waals surface area contributed by atoms with Crippen LogP contribution in [-0.4, -0.2) is 35.6 Å². The van der Waals surface area contributed by atoms with E-state index in [0.29, 0.717) is 39.6 Å². The fraction of sp³-hybridized carbons (Fsp3) is 0.294. The molecule has 2 N–H and O–H groups in total. The minimum absolute atomic E-state index is 0.107. The first kappa shape index (κ1) is 29.8. The molecule has 42 heavy (non-hydrogen) atoms. The Labute approximate surface area is 261 Å². The number of nitrogens with zero attached hydrogens (tertiary/aromatic N) is 2. The maximum atomic E-state index is 12.8. The van der Waals surface area contributed by atoms with Crippen LogP contribution in [0, 0.1) is 5.92 Å². The van der Waals surface area contributed by atoms with Crippen LogP contribution in [0.4, 0.5) is 16.2 Å². The summed E-state index contributed by atoms with van der Waals surface area (Å²) >= 11 is 2.52. The second-order valence-electron chi connectivity index (χ2n) is 11.5. The molecule has 4 aromatic rings. The number of aromatic nitrogens is 1. The predicted octanol–water partition coefficient (Wildman–Crippen LogP) is 8.65. The lowest BCUT2D eigenvalue weighted by molar-refractivity contribution is 0.239. The lowest BCUT2D eigenvalue weighted by Gasteiger charge is -2.23. The summed E-state index contributed by atoms with van der Waals surface area (Å²) < 4.78 is 12.6. The molecule has 2 heterocycles. The van der Waals surface area contributed by atoms with E-state index in [-0.39, 0.29) is 11.4 Å². The van der Waals surface area contributed by atoms with Crippen LogP contribution in [0.1, 0.15) is 42.4 Å². The van der Waals surface area contributed by atoms with Crippen LogP contribution in [0.3, 0.4) is 0 Å². The van der Waals surface area contributed by atoms with Crippen LogP contribution in [0.25, 0.3) is 0 Å². The van der Waals surface area contributed by atoms with Gasteiger partial charge in [0.1, 0.15) is 17.2 Å². The summed E-state index contributed by atoms with van der Waals surface area (Å²) in [5, 5.41) is 5.74. The van der Waals surface area contributed by atoms with E-state index >= 15 is 0 Å². The van der Waals surface area contributed by atoms with Crippen molar-refractivity contribution in [1.82, 2.24) is 9.88 Å². The number of urea groups is 1. The van der Waals surface area contributed by atoms with Gasteiger partial charge in [-0.2, -0.15) is 0 Å². The van der Waals surface area contributed by atoms with Crippen LogP contribution < -0.4 is 20.1 Å². The van der Waals surface area contributed by atoms with Crippen LogP contribution in [-0.2, 0) is 5.41 Å². The quantitative estimate of drug-likeness (QED) is 0.106. The summed E-state index contributed by atoms with van der Waals surface area (Å²) in [6.07, 6.45) is 2.76. The zero-order valence-corrected chi connectivity index (χ0v) is 26.4. The molecule has 0 radical (unpaired) electrons. The maximum Gasteiger partial charge on any atom is 0.323 e. The van der Waals surface area contributed by atoms with Crippen LogP contribution in [0.2, 0.25) is 0 Å². The van der Waals surface area contributed by atoms with Gasteiger partial charge in [0.25, 0.3) is 0 Å². The molecule has 1 aromatic heterocycles. The first-order valence-electron chi connectivity index (χ1n) is 14.2. The normalized spacial score (nSPS) is 16.0. The number of alkyl halides is 1. The van der Waals surface area contributed by atoms with E-state index in [1.807, 2.05) is 48.5 Å². The minimum Gasteiger partial charge on any atom is -0.493 e. The van der Waals surface area contributed by atoms with Crippen molar-refractivity contribution in [2.24, 2.45) is 5.92 Å². The lowest BCUT2D eigenvalue weighted by atomic mass is 9.86. The molecule has 1 fully saturated rings. The number of rotatable bonds is 9. The third-order valence-electron chi connectivity index (χ3n) is 7.23. The Bertz CT molecular complexity index is 1470. The predicted molar refractivity (Wildman–Crippen MR) is 177 cm³/mol. The van der Waals surface area contributed by atoms with Gasteiger partial charge in [-0.15, -0.1) is 0 Å². The van der Waals surface area contributed by atoms with Gasteiger partial charge in [0, 0.05) is 29.9 Å². The van der Waals surface area contributed by atoms with Gasteiger partial charge in [0.05, 0.1) is 10.7 Å². The van der Waals surface area contributed by atoms with Gasteiger partial charge in [-0.25, -0.2) is 9.78 Å². The third-order valence-corrected chi connectivity index (χ3v) is 8.74. The Hall–Kier alpha value is -3.63. The molecule has 7 nitrogen and oxygen atoms in total. The van der Waals surface area contributed by atoms with E-state index < -0.39 is 0 Å². The van der Waals surface area contributed by atoms with Crippen molar-refractivity contribution in [3.63, 3.8) is 0 Å². The maximum absolute atomic E-state index is 12.8. The molecule has 0 aliphatic carbocycles. The SMILES string of the molecule is CC(C)(C)c1ccccc1Oc1ncccc1NC(=O)Nc1ccc(OCC2CCN(C(I)c3ccccc3)C2)cc1. The van der Waals surface area contributed by atoms with E-state index in [1.165, 1.54) is 5.56 Å². The first-order chi connectivity index (χ1) is 20.3. The van der Waals surface area contributed by atoms with Gasteiger partial charge in [-0.3, -0.25) is 4.90 Å². The second-order valence-corrected chi connectivity index (χ2v) is 12.7. The first-order valence-corrected chi connectivity index (χ1v) is 15.5. The standard InChI is InChI=1S/C34H37IN4O3/c1-34(2,3)28-12-7-8-14-30(28)42-32-29(13-9-20-36-32)38-33(40)37-26-15-17-27(18-16-26)41-23-24-19-21-39(22-24)31(35)25-10-5-4-6-11-25/h4-18,20,24,31H,19,21-23H2,1-3H3,(H2,37,38,40). The van der Waals surface area contributed by atoms with Gasteiger partial charge in [-0.1, -0.05) is 91.9 Å². The fourth-order valence-electron chi connectivity index (χ4n) is 5.01. The zero-order valence-electron chi connectivity index (χ0n) is 24.2. The van der Waals surface area contributed by atoms with Gasteiger partial charge in [0.2, 0.25) is 5.88 Å². The Morgan fingerprint density at radius 3 is 2.48 bits per heavy atom. The van der Waals surface area contributed by atoms with Crippen LogP contribution in [0.5, 0.6) is 17.4 Å². The highest BCUT2D eigenvalue weighted by Crippen LogP contribution is 2.36. The number of carbonyl (C=O) groups excluding carboxylic acids is 1. The number of amides is 2. The van der Waals surface area contributed by atoms with Crippen LogP contribution >= 0.6 is 22.6 Å². The molecule has 1 aliphatic heterocycles. The van der Waals surface area contributed by atoms with Gasteiger partial charge in [0.15, 0.2) is 0 Å². The lowest BCUT2D eigenvalue weighted by Crippen LogP contribution is -2.24. The number of pyridine rings is 1. The Morgan fingerprint density at radius 2 is 1.71 bits per heavy atom. The summed E-state index contributed by atoms with van der Waals surface area (Å²) in [5.41, 5.74) is 3.42. The molecule has 0 saturated carbocycles. The van der Waals surface area contributed by atoms with Crippen LogP contribution in [0.15, 0.2) is 97.2 Å². The number of hydrogen-bond donors (Lipinski definition) is 2. The molecule has 1 saturated heterocycles. The third kappa shape index (κ3) is 7.80. The number of anilines is 2. The number of carbonyl (C=O) groups is 1. The molecule has 1 aliphatic rings. The second kappa shape index (κ2) is 13.6. The number of benzene rings is 3. The monoisotopic (exact) mass is 676 g/mol. The van der Waals surface area contributed by atoms with E-state index in [4.69, 9.17) is 9.47 Å². The summed E-state index contributed by atoms with van der Waals surface area (Å²) in [6, 6.07) is 29.1. The van der Waals surface area contributed by atoms with Crippen molar-refractivity contribution in [2.45, 2.75) is 36.7 Å². The molecule has 0 spiro atoms. The molecule has 2 atom stereocenters. The molecule has 2 unspecified atom stereocenters. The largest absolute Gasteiger partial charge is 0.493 e. The molecule has 8 heteroatoms. The number of halogens is 1. The summed E-state index contributed by atoms with van der Waals surface area (Å²) in [6.45, 7) is 9.15. The summed E-state index contributed by atoms with van der Waals surface area (Å²) in [5.74, 6) is 2.31. The number of ether oxygens (including phenoxy) is 2. The zero-order chi connectivity index (χ0) is 29.5. The number of likely N-dealkylation sites (tertiary alicyclic amines) is 1. The summed E-state index contributed by atoms with van der Waals surface area (Å²) in [7, 11) is 0. The van der Waals surface area contributed by atoms with E-state index in [1.54, 1.807) is 18.3 Å². The Morgan fingerprint density at radius 1 is 0.976 bits per heavy atom. The fourth-order valence-corrected chi connectivity index (χ4v) is 5.93. The van der Waals surface area contributed by atoms with Gasteiger partial charge >= 0.3 is 6.03 Å². The van der Waals surface area contributed by atoms with E-state index in [9.17, 15) is 4.79 Å². The van der Waals surface area contributed by atoms with Crippen molar-refractivity contribution in [2.75, 3.05) is 30.3 Å². The Balaban J connectivity index is 1.12. The number of para-hydroxylation sites is 1. The van der Waals surface area contributed by atoms with Crippen molar-refractivity contribution in [3.8, 4) is 17.4 Å². The molecular weight excluding hydrogens is 639 g/mol. The summed E-state index contributed by atoms with van der Waals surface area (Å²) in [4.78, 5) is 19.7.